The quantitative estimate of drug-likeness (QED) is 0.830. The fourth-order valence-corrected chi connectivity index (χ4v) is 5.05. The Morgan fingerprint density at radius 1 is 1.20 bits per heavy atom. The van der Waals surface area contributed by atoms with Crippen molar-refractivity contribution in [3.05, 3.63) is 45.4 Å². The van der Waals surface area contributed by atoms with Gasteiger partial charge in [0.05, 0.1) is 10.7 Å². The van der Waals surface area contributed by atoms with Crippen molar-refractivity contribution in [2.45, 2.75) is 33.1 Å². The Bertz CT molecular complexity index is 777. The topological polar surface area (TPSA) is 36.4 Å². The van der Waals surface area contributed by atoms with Gasteiger partial charge in [-0.1, -0.05) is 12.1 Å². The third-order valence-electron chi connectivity index (χ3n) is 5.35. The van der Waals surface area contributed by atoms with E-state index >= 15 is 0 Å². The molecule has 0 N–H and O–H groups in total. The Labute approximate surface area is 153 Å². The smallest absolute Gasteiger partial charge is 0.226 e. The molecule has 25 heavy (non-hydrogen) atoms. The van der Waals surface area contributed by atoms with E-state index in [9.17, 15) is 4.79 Å². The van der Waals surface area contributed by atoms with Crippen LogP contribution < -0.4 is 4.90 Å². The van der Waals surface area contributed by atoms with Crippen LogP contribution in [0.25, 0.3) is 0 Å². The number of hydrogen-bond acceptors (Lipinski definition) is 4. The Morgan fingerprint density at radius 2 is 2.00 bits per heavy atom. The Kier molecular flexibility index (Phi) is 4.50. The first-order valence-electron chi connectivity index (χ1n) is 9.16. The third kappa shape index (κ3) is 3.43. The van der Waals surface area contributed by atoms with Gasteiger partial charge in [-0.05, 0) is 50.8 Å². The van der Waals surface area contributed by atoms with Gasteiger partial charge in [-0.25, -0.2) is 4.98 Å². The zero-order valence-corrected chi connectivity index (χ0v) is 15.8. The first-order valence-corrected chi connectivity index (χ1v) is 9.97. The number of piperazine rings is 1. The van der Waals surface area contributed by atoms with E-state index in [0.717, 1.165) is 50.4 Å². The molecule has 5 heteroatoms. The predicted molar refractivity (Wildman–Crippen MR) is 102 cm³/mol. The average molecular weight is 356 g/mol. The zero-order chi connectivity index (χ0) is 17.4. The van der Waals surface area contributed by atoms with Gasteiger partial charge < -0.3 is 9.80 Å². The van der Waals surface area contributed by atoms with Crippen molar-refractivity contribution in [1.82, 2.24) is 9.88 Å². The summed E-state index contributed by atoms with van der Waals surface area (Å²) in [6.45, 7) is 7.70. The van der Waals surface area contributed by atoms with Gasteiger partial charge in [0.25, 0.3) is 0 Å². The molecular weight excluding hydrogens is 330 g/mol. The van der Waals surface area contributed by atoms with Crippen LogP contribution in [0.4, 0.5) is 5.69 Å². The number of aromatic nitrogens is 1. The van der Waals surface area contributed by atoms with Gasteiger partial charge in [-0.15, -0.1) is 11.3 Å². The molecule has 1 aliphatic carbocycles. The number of aryl methyl sites for hydroxylation is 3. The average Bonchev–Trinajstić information content (AvgIpc) is 3.00. The number of benzene rings is 1. The Balaban J connectivity index is 1.37. The largest absolute Gasteiger partial charge is 0.368 e. The molecule has 0 radical (unpaired) electrons. The normalized spacial score (nSPS) is 20.5. The predicted octanol–water partition coefficient (Wildman–Crippen LogP) is 3.21. The van der Waals surface area contributed by atoms with Crippen molar-refractivity contribution >= 4 is 22.9 Å². The number of nitrogens with zero attached hydrogens (tertiary/aromatic N) is 3. The SMILES string of the molecule is Cc1cccc(N2CCN(C(=O)C3CCc4nc(C)sc4C3)CC2)c1. The minimum atomic E-state index is 0.151. The summed E-state index contributed by atoms with van der Waals surface area (Å²) in [6, 6.07) is 8.63. The van der Waals surface area contributed by atoms with Crippen molar-refractivity contribution in [2.75, 3.05) is 31.1 Å². The number of thiazole rings is 1. The summed E-state index contributed by atoms with van der Waals surface area (Å²) in [5, 5.41) is 1.13. The number of carbonyl (C=O) groups excluding carboxylic acids is 1. The van der Waals surface area contributed by atoms with E-state index < -0.39 is 0 Å². The number of fused-ring (bicyclic) bond motifs is 1. The molecule has 1 aromatic heterocycles. The number of rotatable bonds is 2. The molecule has 1 unspecified atom stereocenters. The lowest BCUT2D eigenvalue weighted by Gasteiger charge is -2.38. The van der Waals surface area contributed by atoms with Crippen molar-refractivity contribution < 1.29 is 4.79 Å². The highest BCUT2D eigenvalue weighted by atomic mass is 32.1. The van der Waals surface area contributed by atoms with Gasteiger partial charge >= 0.3 is 0 Å². The number of anilines is 1. The number of carbonyl (C=O) groups is 1. The molecule has 2 aliphatic rings. The minimum Gasteiger partial charge on any atom is -0.368 e. The van der Waals surface area contributed by atoms with E-state index in [4.69, 9.17) is 0 Å². The van der Waals surface area contributed by atoms with Crippen LogP contribution in [0.1, 0.15) is 27.6 Å². The second kappa shape index (κ2) is 6.79. The van der Waals surface area contributed by atoms with Crippen LogP contribution in [0.5, 0.6) is 0 Å². The van der Waals surface area contributed by atoms with Crippen LogP contribution in [0.3, 0.4) is 0 Å². The molecule has 2 aromatic rings. The van der Waals surface area contributed by atoms with Gasteiger partial charge in [0.1, 0.15) is 0 Å². The maximum absolute atomic E-state index is 13.0. The highest BCUT2D eigenvalue weighted by Gasteiger charge is 2.31. The van der Waals surface area contributed by atoms with Gasteiger partial charge in [0.15, 0.2) is 0 Å². The molecule has 0 spiro atoms. The summed E-state index contributed by atoms with van der Waals surface area (Å²) in [5.41, 5.74) is 3.79. The molecule has 1 aromatic carbocycles. The minimum absolute atomic E-state index is 0.151. The molecule has 1 fully saturated rings. The summed E-state index contributed by atoms with van der Waals surface area (Å²) < 4.78 is 0. The molecule has 4 nitrogen and oxygen atoms in total. The van der Waals surface area contributed by atoms with Crippen LogP contribution >= 0.6 is 11.3 Å². The first-order chi connectivity index (χ1) is 12.1. The maximum Gasteiger partial charge on any atom is 0.226 e. The summed E-state index contributed by atoms with van der Waals surface area (Å²) in [4.78, 5) is 23.4. The van der Waals surface area contributed by atoms with Crippen molar-refractivity contribution in [3.63, 3.8) is 0 Å². The molecule has 1 amide bonds. The summed E-state index contributed by atoms with van der Waals surface area (Å²) in [6.07, 6.45) is 2.80. The lowest BCUT2D eigenvalue weighted by Crippen LogP contribution is -2.51. The molecule has 1 saturated heterocycles. The van der Waals surface area contributed by atoms with Gasteiger partial charge in [-0.3, -0.25) is 4.79 Å². The summed E-state index contributed by atoms with van der Waals surface area (Å²) in [5.74, 6) is 0.499. The fraction of sp³-hybridized carbons (Fsp3) is 0.500. The van der Waals surface area contributed by atoms with Crippen LogP contribution in [0, 0.1) is 19.8 Å². The molecule has 0 bridgehead atoms. The van der Waals surface area contributed by atoms with Crippen LogP contribution in [-0.2, 0) is 17.6 Å². The highest BCUT2D eigenvalue weighted by Crippen LogP contribution is 2.31. The van der Waals surface area contributed by atoms with Gasteiger partial charge in [-0.2, -0.15) is 0 Å². The Hall–Kier alpha value is -1.88. The van der Waals surface area contributed by atoms with Gasteiger partial charge in [0.2, 0.25) is 5.91 Å². The standard InChI is InChI=1S/C20H25N3OS/c1-14-4-3-5-17(12-14)22-8-10-23(11-9-22)20(24)16-6-7-18-19(13-16)25-15(2)21-18/h3-5,12,16H,6-11,13H2,1-2H3. The second-order valence-electron chi connectivity index (χ2n) is 7.19. The van der Waals surface area contributed by atoms with E-state index in [0.29, 0.717) is 5.91 Å². The van der Waals surface area contributed by atoms with Crippen molar-refractivity contribution in [3.8, 4) is 0 Å². The lowest BCUT2D eigenvalue weighted by molar-refractivity contribution is -0.136. The summed E-state index contributed by atoms with van der Waals surface area (Å²) >= 11 is 1.77. The first kappa shape index (κ1) is 16.6. The highest BCUT2D eigenvalue weighted by molar-refractivity contribution is 7.11. The van der Waals surface area contributed by atoms with Crippen molar-refractivity contribution in [2.24, 2.45) is 5.92 Å². The third-order valence-corrected chi connectivity index (χ3v) is 6.39. The monoisotopic (exact) mass is 355 g/mol. The van der Waals surface area contributed by atoms with E-state index in [1.165, 1.54) is 21.8 Å². The number of hydrogen-bond donors (Lipinski definition) is 0. The second-order valence-corrected chi connectivity index (χ2v) is 8.48. The van der Waals surface area contributed by atoms with E-state index in [1.54, 1.807) is 11.3 Å². The van der Waals surface area contributed by atoms with E-state index in [1.807, 2.05) is 0 Å². The van der Waals surface area contributed by atoms with E-state index in [-0.39, 0.29) is 5.92 Å². The van der Waals surface area contributed by atoms with Gasteiger partial charge in [0, 0.05) is 42.7 Å². The van der Waals surface area contributed by atoms with Crippen LogP contribution in [0.15, 0.2) is 24.3 Å². The van der Waals surface area contributed by atoms with E-state index in [2.05, 4.69) is 52.9 Å². The molecule has 132 valence electrons. The zero-order valence-electron chi connectivity index (χ0n) is 15.0. The molecular formula is C20H25N3OS. The van der Waals surface area contributed by atoms with Crippen LogP contribution in [-0.4, -0.2) is 42.0 Å². The lowest BCUT2D eigenvalue weighted by atomic mass is 9.90. The molecule has 1 aliphatic heterocycles. The number of amides is 1. The maximum atomic E-state index is 13.0. The molecule has 1 atom stereocenters. The molecule has 0 saturated carbocycles. The van der Waals surface area contributed by atoms with Crippen LogP contribution in [0.2, 0.25) is 0 Å². The summed E-state index contributed by atoms with van der Waals surface area (Å²) in [7, 11) is 0. The molecule has 4 rings (SSSR count). The molecule has 2 heterocycles. The Morgan fingerprint density at radius 3 is 2.76 bits per heavy atom. The van der Waals surface area contributed by atoms with Crippen molar-refractivity contribution in [1.29, 1.82) is 0 Å². The fourth-order valence-electron chi connectivity index (χ4n) is 3.98.